The van der Waals surface area contributed by atoms with Gasteiger partial charge in [-0.1, -0.05) is 11.8 Å². The number of rotatable bonds is 1. The van der Waals surface area contributed by atoms with Crippen molar-refractivity contribution in [1.29, 1.82) is 0 Å². The van der Waals surface area contributed by atoms with Crippen LogP contribution in [-0.4, -0.2) is 10.9 Å². The summed E-state index contributed by atoms with van der Waals surface area (Å²) < 4.78 is 1.13. The molecule has 15 heavy (non-hydrogen) atoms. The van der Waals surface area contributed by atoms with Gasteiger partial charge in [0.05, 0.1) is 22.1 Å². The molecule has 0 atom stereocenters. The first-order chi connectivity index (χ1) is 7.25. The van der Waals surface area contributed by atoms with E-state index in [4.69, 9.17) is 5.73 Å². The summed E-state index contributed by atoms with van der Waals surface area (Å²) in [6.45, 7) is 0. The lowest BCUT2D eigenvalue weighted by molar-refractivity contribution is -0.117. The van der Waals surface area contributed by atoms with Gasteiger partial charge in [0.2, 0.25) is 5.91 Å². The Kier molecular flexibility index (Phi) is 2.66. The van der Waals surface area contributed by atoms with Gasteiger partial charge in [0, 0.05) is 5.56 Å². The quantitative estimate of drug-likeness (QED) is 0.735. The lowest BCUT2D eigenvalue weighted by atomic mass is 10.2. The minimum atomic E-state index is -0.405. The third-order valence-corrected chi connectivity index (χ3v) is 2.64. The second-order valence-corrected chi connectivity index (χ2v) is 3.87. The number of hydrogen-bond acceptors (Lipinski definition) is 3. The topological polar surface area (TPSA) is 56.0 Å². The van der Waals surface area contributed by atoms with Gasteiger partial charge in [0.1, 0.15) is 0 Å². The normalized spacial score (nSPS) is 9.60. The van der Waals surface area contributed by atoms with E-state index in [1.807, 2.05) is 18.2 Å². The summed E-state index contributed by atoms with van der Waals surface area (Å²) in [5.74, 6) is 5.18. The molecule has 74 valence electrons. The van der Waals surface area contributed by atoms with Crippen LogP contribution in [0, 0.1) is 11.8 Å². The van der Waals surface area contributed by atoms with E-state index in [2.05, 4.69) is 16.8 Å². The maximum atomic E-state index is 10.5. The Labute approximate surface area is 90.9 Å². The Hall–Kier alpha value is -1.86. The van der Waals surface area contributed by atoms with Crippen LogP contribution in [-0.2, 0) is 4.79 Å². The first kappa shape index (κ1) is 9.69. The zero-order valence-corrected chi connectivity index (χ0v) is 8.67. The molecule has 2 rings (SSSR count). The number of amides is 1. The van der Waals surface area contributed by atoms with Crippen molar-refractivity contribution in [3.05, 3.63) is 29.3 Å². The minimum absolute atomic E-state index is 0.0924. The number of carbonyl (C=O) groups is 1. The van der Waals surface area contributed by atoms with Gasteiger partial charge >= 0.3 is 0 Å². The van der Waals surface area contributed by atoms with E-state index in [0.29, 0.717) is 0 Å². The third-order valence-electron chi connectivity index (χ3n) is 1.83. The van der Waals surface area contributed by atoms with Crippen molar-refractivity contribution >= 4 is 27.5 Å². The van der Waals surface area contributed by atoms with E-state index in [0.717, 1.165) is 15.8 Å². The molecule has 0 spiro atoms. The van der Waals surface area contributed by atoms with Gasteiger partial charge < -0.3 is 5.73 Å². The van der Waals surface area contributed by atoms with Gasteiger partial charge in [-0.15, -0.1) is 11.3 Å². The standard InChI is InChI=1S/C11H8N2OS/c12-11(14)3-1-2-8-4-5-10-9(6-8)13-7-15-10/h4-7H,3H2,(H2,12,14). The largest absolute Gasteiger partial charge is 0.369 e. The van der Waals surface area contributed by atoms with Crippen LogP contribution in [0.5, 0.6) is 0 Å². The minimum Gasteiger partial charge on any atom is -0.369 e. The first-order valence-electron chi connectivity index (χ1n) is 4.36. The number of benzene rings is 1. The molecule has 0 aliphatic heterocycles. The van der Waals surface area contributed by atoms with Crippen molar-refractivity contribution < 1.29 is 4.79 Å². The van der Waals surface area contributed by atoms with Crippen LogP contribution in [0.3, 0.4) is 0 Å². The molecule has 2 N–H and O–H groups in total. The van der Waals surface area contributed by atoms with Crippen molar-refractivity contribution in [2.45, 2.75) is 6.42 Å². The average molecular weight is 216 g/mol. The highest BCUT2D eigenvalue weighted by Crippen LogP contribution is 2.18. The van der Waals surface area contributed by atoms with Crippen LogP contribution < -0.4 is 5.73 Å². The summed E-state index contributed by atoms with van der Waals surface area (Å²) in [6.07, 6.45) is 0.0924. The highest BCUT2D eigenvalue weighted by Gasteiger charge is 1.96. The van der Waals surface area contributed by atoms with Crippen LogP contribution in [0.1, 0.15) is 12.0 Å². The Morgan fingerprint density at radius 2 is 2.40 bits per heavy atom. The molecule has 0 aliphatic carbocycles. The molecule has 1 aromatic heterocycles. The second-order valence-electron chi connectivity index (χ2n) is 2.98. The summed E-state index contributed by atoms with van der Waals surface area (Å²) in [5.41, 5.74) is 8.57. The lowest BCUT2D eigenvalue weighted by Crippen LogP contribution is -2.08. The number of primary amides is 1. The van der Waals surface area contributed by atoms with Crippen LogP contribution >= 0.6 is 11.3 Å². The molecule has 1 heterocycles. The number of thiazole rings is 1. The number of nitrogens with zero attached hydrogens (tertiary/aromatic N) is 1. The van der Waals surface area contributed by atoms with E-state index < -0.39 is 5.91 Å². The molecule has 1 amide bonds. The molecule has 1 aromatic carbocycles. The zero-order chi connectivity index (χ0) is 10.7. The van der Waals surface area contributed by atoms with E-state index in [1.165, 1.54) is 0 Å². The van der Waals surface area contributed by atoms with Crippen LogP contribution in [0.15, 0.2) is 23.7 Å². The molecule has 0 saturated carbocycles. The average Bonchev–Trinajstić information content (AvgIpc) is 2.64. The van der Waals surface area contributed by atoms with Crippen molar-refractivity contribution in [3.63, 3.8) is 0 Å². The Morgan fingerprint density at radius 3 is 3.20 bits per heavy atom. The maximum Gasteiger partial charge on any atom is 0.229 e. The molecule has 0 aliphatic rings. The fraction of sp³-hybridized carbons (Fsp3) is 0.0909. The Bertz CT molecular complexity index is 562. The van der Waals surface area contributed by atoms with Gasteiger partial charge in [0.25, 0.3) is 0 Å². The van der Waals surface area contributed by atoms with E-state index in [-0.39, 0.29) is 6.42 Å². The number of aromatic nitrogens is 1. The van der Waals surface area contributed by atoms with Crippen LogP contribution in [0.2, 0.25) is 0 Å². The predicted molar refractivity (Wildman–Crippen MR) is 60.3 cm³/mol. The van der Waals surface area contributed by atoms with Gasteiger partial charge in [-0.2, -0.15) is 0 Å². The molecule has 3 nitrogen and oxygen atoms in total. The molecule has 4 heteroatoms. The highest BCUT2D eigenvalue weighted by molar-refractivity contribution is 7.16. The molecule has 0 bridgehead atoms. The first-order valence-corrected chi connectivity index (χ1v) is 5.24. The summed E-state index contributed by atoms with van der Waals surface area (Å²) >= 11 is 1.59. The van der Waals surface area contributed by atoms with Gasteiger partial charge in [-0.3, -0.25) is 4.79 Å². The number of carbonyl (C=O) groups excluding carboxylic acids is 1. The summed E-state index contributed by atoms with van der Waals surface area (Å²) in [6, 6.07) is 5.79. The molecular weight excluding hydrogens is 208 g/mol. The smallest absolute Gasteiger partial charge is 0.229 e. The van der Waals surface area contributed by atoms with Crippen molar-refractivity contribution in [1.82, 2.24) is 4.98 Å². The number of hydrogen-bond donors (Lipinski definition) is 1. The van der Waals surface area contributed by atoms with E-state index in [9.17, 15) is 4.79 Å². The SMILES string of the molecule is NC(=O)CC#Cc1ccc2scnc2c1. The van der Waals surface area contributed by atoms with Gasteiger partial charge in [-0.05, 0) is 18.2 Å². The molecular formula is C11H8N2OS. The van der Waals surface area contributed by atoms with Crippen molar-refractivity contribution in [3.8, 4) is 11.8 Å². The molecule has 0 radical (unpaired) electrons. The second kappa shape index (κ2) is 4.11. The molecule has 2 aromatic rings. The maximum absolute atomic E-state index is 10.5. The summed E-state index contributed by atoms with van der Waals surface area (Å²) in [4.78, 5) is 14.7. The van der Waals surface area contributed by atoms with Gasteiger partial charge in [-0.25, -0.2) is 4.98 Å². The molecule has 0 fully saturated rings. The van der Waals surface area contributed by atoms with Crippen LogP contribution in [0.4, 0.5) is 0 Å². The Morgan fingerprint density at radius 1 is 1.53 bits per heavy atom. The predicted octanol–water partition coefficient (Wildman–Crippen LogP) is 1.52. The summed E-state index contributed by atoms with van der Waals surface area (Å²) in [5, 5.41) is 0. The van der Waals surface area contributed by atoms with Crippen LogP contribution in [0.25, 0.3) is 10.2 Å². The molecule has 0 unspecified atom stereocenters. The van der Waals surface area contributed by atoms with Gasteiger partial charge in [0.15, 0.2) is 0 Å². The lowest BCUT2D eigenvalue weighted by Gasteiger charge is -1.89. The van der Waals surface area contributed by atoms with E-state index >= 15 is 0 Å². The number of nitrogens with two attached hydrogens (primary N) is 1. The number of fused-ring (bicyclic) bond motifs is 1. The monoisotopic (exact) mass is 216 g/mol. The fourth-order valence-electron chi connectivity index (χ4n) is 1.17. The van der Waals surface area contributed by atoms with Crippen molar-refractivity contribution in [2.75, 3.05) is 0 Å². The third kappa shape index (κ3) is 2.33. The summed E-state index contributed by atoms with van der Waals surface area (Å²) in [7, 11) is 0. The fourth-order valence-corrected chi connectivity index (χ4v) is 1.83. The zero-order valence-electron chi connectivity index (χ0n) is 7.86. The molecule has 0 saturated heterocycles. The van der Waals surface area contributed by atoms with E-state index in [1.54, 1.807) is 16.8 Å². The Balaban J connectivity index is 2.27. The van der Waals surface area contributed by atoms with Crippen molar-refractivity contribution in [2.24, 2.45) is 5.73 Å². The highest BCUT2D eigenvalue weighted by atomic mass is 32.1.